The van der Waals surface area contributed by atoms with E-state index in [1.165, 1.54) is 35.4 Å². The van der Waals surface area contributed by atoms with Gasteiger partial charge in [-0.1, -0.05) is 73.5 Å². The molecule has 2 aromatic carbocycles. The third-order valence-corrected chi connectivity index (χ3v) is 8.75. The summed E-state index contributed by atoms with van der Waals surface area (Å²) in [5.41, 5.74) is 2.49. The molecule has 0 unspecified atom stereocenters. The van der Waals surface area contributed by atoms with Gasteiger partial charge in [0, 0.05) is 24.0 Å². The molecule has 0 aromatic heterocycles. The Morgan fingerprint density at radius 3 is 2.50 bits per heavy atom. The van der Waals surface area contributed by atoms with Crippen molar-refractivity contribution in [3.05, 3.63) is 70.1 Å². The smallest absolute Gasteiger partial charge is 0.269 e. The summed E-state index contributed by atoms with van der Waals surface area (Å²) in [6.07, 6.45) is 6.72. The van der Waals surface area contributed by atoms with Gasteiger partial charge >= 0.3 is 0 Å². The van der Waals surface area contributed by atoms with Crippen molar-refractivity contribution in [2.45, 2.75) is 56.4 Å². The van der Waals surface area contributed by atoms with E-state index in [1.54, 1.807) is 23.5 Å². The summed E-state index contributed by atoms with van der Waals surface area (Å²) in [7, 11) is 0. The molecule has 0 atom stereocenters. The largest absolute Gasteiger partial charge is 0.334 e. The third-order valence-electron chi connectivity index (χ3n) is 6.36. The van der Waals surface area contributed by atoms with E-state index in [0.29, 0.717) is 6.54 Å². The maximum Gasteiger partial charge on any atom is 0.269 e. The van der Waals surface area contributed by atoms with Gasteiger partial charge in [-0.3, -0.25) is 14.7 Å². The Morgan fingerprint density at radius 2 is 1.72 bits per heavy atom. The van der Waals surface area contributed by atoms with Gasteiger partial charge in [0.15, 0.2) is 5.17 Å². The first kappa shape index (κ1) is 21.7. The molecule has 4 nitrogen and oxygen atoms in total. The van der Waals surface area contributed by atoms with Gasteiger partial charge in [0.05, 0.1) is 5.69 Å². The zero-order chi connectivity index (χ0) is 21.9. The SMILES string of the molecule is CCN1C(=C2SC(=NCCc3ccccc3)N(C3CCCCC3)C2=O)Sc2ccccc21. The number of anilines is 1. The summed E-state index contributed by atoms with van der Waals surface area (Å²) in [4.78, 5) is 25.1. The van der Waals surface area contributed by atoms with Crippen LogP contribution in [0.2, 0.25) is 0 Å². The molecule has 166 valence electrons. The summed E-state index contributed by atoms with van der Waals surface area (Å²) in [5.74, 6) is 0.147. The molecule has 2 aliphatic heterocycles. The number of fused-ring (bicyclic) bond motifs is 1. The minimum atomic E-state index is 0.147. The number of carbonyl (C=O) groups excluding carboxylic acids is 1. The Bertz CT molecular complexity index is 1040. The lowest BCUT2D eigenvalue weighted by Gasteiger charge is -2.30. The molecule has 2 heterocycles. The highest BCUT2D eigenvalue weighted by atomic mass is 32.2. The molecular formula is C26H29N3OS2. The minimum Gasteiger partial charge on any atom is -0.334 e. The lowest BCUT2D eigenvalue weighted by molar-refractivity contribution is -0.124. The van der Waals surface area contributed by atoms with Gasteiger partial charge in [-0.15, -0.1) is 0 Å². The molecule has 32 heavy (non-hydrogen) atoms. The number of para-hydroxylation sites is 1. The van der Waals surface area contributed by atoms with E-state index in [4.69, 9.17) is 4.99 Å². The quantitative estimate of drug-likeness (QED) is 0.488. The highest BCUT2D eigenvalue weighted by Crippen LogP contribution is 2.51. The molecule has 1 saturated heterocycles. The van der Waals surface area contributed by atoms with Crippen LogP contribution in [0.3, 0.4) is 0 Å². The monoisotopic (exact) mass is 463 g/mol. The second kappa shape index (κ2) is 9.75. The second-order valence-electron chi connectivity index (χ2n) is 8.42. The van der Waals surface area contributed by atoms with Gasteiger partial charge in [0.25, 0.3) is 5.91 Å². The molecular weight excluding hydrogens is 434 g/mol. The van der Waals surface area contributed by atoms with Crippen LogP contribution in [0.1, 0.15) is 44.6 Å². The number of nitrogens with zero attached hydrogens (tertiary/aromatic N) is 3. The number of carbonyl (C=O) groups is 1. The molecule has 2 fully saturated rings. The summed E-state index contributed by atoms with van der Waals surface area (Å²) < 4.78 is 0. The number of aliphatic imine (C=N–C) groups is 1. The number of hydrogen-bond donors (Lipinski definition) is 0. The van der Waals surface area contributed by atoms with E-state index in [1.807, 2.05) is 11.0 Å². The summed E-state index contributed by atoms with van der Waals surface area (Å²) in [5, 5.41) is 1.96. The summed E-state index contributed by atoms with van der Waals surface area (Å²) >= 11 is 3.31. The van der Waals surface area contributed by atoms with Crippen LogP contribution >= 0.6 is 23.5 Å². The molecule has 0 bridgehead atoms. The molecule has 5 rings (SSSR count). The van der Waals surface area contributed by atoms with Crippen LogP contribution in [0.4, 0.5) is 5.69 Å². The number of thioether (sulfide) groups is 2. The van der Waals surface area contributed by atoms with Crippen molar-refractivity contribution in [3.63, 3.8) is 0 Å². The fourth-order valence-electron chi connectivity index (χ4n) is 4.73. The first-order valence-corrected chi connectivity index (χ1v) is 13.3. The lowest BCUT2D eigenvalue weighted by Crippen LogP contribution is -2.40. The number of amidine groups is 1. The zero-order valence-corrected chi connectivity index (χ0v) is 20.1. The Balaban J connectivity index is 1.45. The van der Waals surface area contributed by atoms with Gasteiger partial charge in [-0.2, -0.15) is 0 Å². The van der Waals surface area contributed by atoms with Crippen molar-refractivity contribution in [3.8, 4) is 0 Å². The average molecular weight is 464 g/mol. The topological polar surface area (TPSA) is 35.9 Å². The molecule has 0 N–H and O–H groups in total. The highest BCUT2D eigenvalue weighted by Gasteiger charge is 2.42. The van der Waals surface area contributed by atoms with Gasteiger partial charge in [0.1, 0.15) is 9.93 Å². The molecule has 2 aromatic rings. The van der Waals surface area contributed by atoms with Crippen molar-refractivity contribution in [2.75, 3.05) is 18.0 Å². The van der Waals surface area contributed by atoms with E-state index < -0.39 is 0 Å². The number of amides is 1. The van der Waals surface area contributed by atoms with E-state index in [0.717, 1.165) is 40.9 Å². The second-order valence-corrected chi connectivity index (χ2v) is 10.4. The number of benzene rings is 2. The maximum atomic E-state index is 13.8. The maximum absolute atomic E-state index is 13.8. The normalized spacial score (nSPS) is 22.8. The van der Waals surface area contributed by atoms with Crippen LogP contribution in [0.15, 0.2) is 74.4 Å². The molecule has 0 spiro atoms. The van der Waals surface area contributed by atoms with Gasteiger partial charge in [0.2, 0.25) is 0 Å². The van der Waals surface area contributed by atoms with Gasteiger partial charge < -0.3 is 4.90 Å². The molecule has 3 aliphatic rings. The van der Waals surface area contributed by atoms with Crippen molar-refractivity contribution in [1.29, 1.82) is 0 Å². The van der Waals surface area contributed by atoms with Crippen LogP contribution in [0.25, 0.3) is 0 Å². The molecule has 1 saturated carbocycles. The van der Waals surface area contributed by atoms with E-state index in [9.17, 15) is 4.79 Å². The first-order chi connectivity index (χ1) is 15.8. The Hall–Kier alpha value is -2.18. The van der Waals surface area contributed by atoms with Crippen LogP contribution in [0.5, 0.6) is 0 Å². The van der Waals surface area contributed by atoms with Crippen molar-refractivity contribution in [1.82, 2.24) is 4.90 Å². The van der Waals surface area contributed by atoms with E-state index >= 15 is 0 Å². The third kappa shape index (κ3) is 4.23. The van der Waals surface area contributed by atoms with E-state index in [2.05, 4.69) is 60.4 Å². The lowest BCUT2D eigenvalue weighted by atomic mass is 9.94. The summed E-state index contributed by atoms with van der Waals surface area (Å²) in [6.45, 7) is 3.71. The van der Waals surface area contributed by atoms with Crippen molar-refractivity contribution < 1.29 is 4.79 Å². The Morgan fingerprint density at radius 1 is 0.969 bits per heavy atom. The Kier molecular flexibility index (Phi) is 6.60. The molecule has 6 heteroatoms. The predicted octanol–water partition coefficient (Wildman–Crippen LogP) is 6.29. The van der Waals surface area contributed by atoms with Crippen LogP contribution in [-0.2, 0) is 11.2 Å². The van der Waals surface area contributed by atoms with Crippen molar-refractivity contribution in [2.24, 2.45) is 4.99 Å². The van der Waals surface area contributed by atoms with Crippen molar-refractivity contribution >= 4 is 40.3 Å². The average Bonchev–Trinajstić information content (AvgIpc) is 3.37. The van der Waals surface area contributed by atoms with Crippen LogP contribution in [-0.4, -0.2) is 35.1 Å². The van der Waals surface area contributed by atoms with Crippen LogP contribution < -0.4 is 4.90 Å². The molecule has 0 radical (unpaired) electrons. The van der Waals surface area contributed by atoms with E-state index in [-0.39, 0.29) is 11.9 Å². The molecule has 1 amide bonds. The van der Waals surface area contributed by atoms with Gasteiger partial charge in [-0.05, 0) is 55.6 Å². The highest BCUT2D eigenvalue weighted by molar-refractivity contribution is 8.19. The fraction of sp³-hybridized carbons (Fsp3) is 0.385. The fourth-order valence-corrected chi connectivity index (χ4v) is 7.19. The zero-order valence-electron chi connectivity index (χ0n) is 18.5. The summed E-state index contributed by atoms with van der Waals surface area (Å²) in [6, 6.07) is 19.2. The Labute approximate surface area is 199 Å². The minimum absolute atomic E-state index is 0.147. The van der Waals surface area contributed by atoms with Gasteiger partial charge in [-0.25, -0.2) is 0 Å². The van der Waals surface area contributed by atoms with Crippen LogP contribution in [0, 0.1) is 0 Å². The predicted molar refractivity (Wildman–Crippen MR) is 136 cm³/mol. The number of hydrogen-bond acceptors (Lipinski definition) is 5. The first-order valence-electron chi connectivity index (χ1n) is 11.6. The number of rotatable bonds is 5. The molecule has 1 aliphatic carbocycles. The standard InChI is InChI=1S/C26H29N3OS2/c1-2-28-21-15-9-10-16-22(21)31-25(28)23-24(30)29(20-13-7-4-8-14-20)26(32-23)27-18-17-19-11-5-3-6-12-19/h3,5-6,9-12,15-16,20H,2,4,7-8,13-14,17-18H2,1H3.